The topological polar surface area (TPSA) is 48.5 Å². The monoisotopic (exact) mass is 285 g/mol. The molecule has 2 aromatic heterocycles. The summed E-state index contributed by atoms with van der Waals surface area (Å²) < 4.78 is 4.08. The van der Waals surface area contributed by atoms with Crippen LogP contribution >= 0.6 is 11.8 Å². The van der Waals surface area contributed by atoms with Crippen molar-refractivity contribution in [1.29, 1.82) is 0 Å². The summed E-state index contributed by atoms with van der Waals surface area (Å²) in [6, 6.07) is 10.4. The maximum Gasteiger partial charge on any atom is 0.191 e. The molecule has 0 bridgehead atoms. The minimum atomic E-state index is 0.784. The number of hydrogen-bond donors (Lipinski definition) is 0. The van der Waals surface area contributed by atoms with E-state index in [1.165, 1.54) is 5.56 Å². The van der Waals surface area contributed by atoms with E-state index in [4.69, 9.17) is 0 Å². The van der Waals surface area contributed by atoms with Gasteiger partial charge in [-0.1, -0.05) is 42.1 Å². The quantitative estimate of drug-likeness (QED) is 0.675. The van der Waals surface area contributed by atoms with Crippen LogP contribution in [0.3, 0.4) is 0 Å². The van der Waals surface area contributed by atoms with Crippen molar-refractivity contribution >= 4 is 11.8 Å². The molecule has 5 nitrogen and oxygen atoms in total. The molecule has 6 heteroatoms. The van der Waals surface area contributed by atoms with Crippen LogP contribution in [0, 0.1) is 0 Å². The summed E-state index contributed by atoms with van der Waals surface area (Å²) in [6.45, 7) is 0.843. The summed E-state index contributed by atoms with van der Waals surface area (Å²) >= 11 is 1.64. The van der Waals surface area contributed by atoms with E-state index in [0.29, 0.717) is 0 Å². The molecule has 0 atom stereocenters. The van der Waals surface area contributed by atoms with Crippen molar-refractivity contribution in [3.63, 3.8) is 0 Å². The van der Waals surface area contributed by atoms with Crippen molar-refractivity contribution in [2.75, 3.05) is 0 Å². The molecule has 102 valence electrons. The van der Waals surface area contributed by atoms with Gasteiger partial charge in [0.2, 0.25) is 0 Å². The van der Waals surface area contributed by atoms with Crippen molar-refractivity contribution in [1.82, 2.24) is 24.3 Å². The summed E-state index contributed by atoms with van der Waals surface area (Å²) in [4.78, 5) is 4.43. The highest BCUT2D eigenvalue weighted by Gasteiger charge is 2.07. The zero-order valence-corrected chi connectivity index (χ0v) is 12.0. The van der Waals surface area contributed by atoms with Crippen molar-refractivity contribution in [2.24, 2.45) is 7.05 Å². The largest absolute Gasteiger partial charge is 0.330 e. The normalized spacial score (nSPS) is 10.8. The Morgan fingerprint density at radius 3 is 2.80 bits per heavy atom. The Labute approximate surface area is 121 Å². The first-order valence-electron chi connectivity index (χ1n) is 6.33. The van der Waals surface area contributed by atoms with E-state index in [9.17, 15) is 0 Å². The molecular formula is C14H15N5S. The molecule has 0 saturated heterocycles. The highest BCUT2D eigenvalue weighted by molar-refractivity contribution is 7.98. The van der Waals surface area contributed by atoms with Crippen LogP contribution in [0.1, 0.15) is 11.4 Å². The second kappa shape index (κ2) is 5.92. The lowest BCUT2D eigenvalue weighted by Gasteiger charge is -2.07. The van der Waals surface area contributed by atoms with Gasteiger partial charge in [-0.15, -0.1) is 10.2 Å². The zero-order valence-electron chi connectivity index (χ0n) is 11.2. The first-order valence-corrected chi connectivity index (χ1v) is 7.32. The smallest absolute Gasteiger partial charge is 0.191 e. The Morgan fingerprint density at radius 2 is 2.05 bits per heavy atom. The van der Waals surface area contributed by atoms with Crippen LogP contribution in [0.25, 0.3) is 0 Å². The molecule has 3 rings (SSSR count). The molecule has 0 aliphatic rings. The summed E-state index contributed by atoms with van der Waals surface area (Å²) in [5.41, 5.74) is 1.27. The number of imidazole rings is 1. The molecule has 3 aromatic rings. The fourth-order valence-corrected chi connectivity index (χ4v) is 2.79. The standard InChI is InChI=1S/C14H15N5S/c1-18-11-16-17-14(18)20-10-13-15-7-8-19(13)9-12-5-3-2-4-6-12/h2-8,11H,9-10H2,1H3. The fourth-order valence-electron chi connectivity index (χ4n) is 1.94. The van der Waals surface area contributed by atoms with Crippen molar-refractivity contribution in [2.45, 2.75) is 17.5 Å². The Bertz CT molecular complexity index is 674. The second-order valence-electron chi connectivity index (χ2n) is 4.47. The maximum atomic E-state index is 4.43. The lowest BCUT2D eigenvalue weighted by Crippen LogP contribution is -2.03. The summed E-state index contributed by atoms with van der Waals surface area (Å²) in [5, 5.41) is 8.85. The van der Waals surface area contributed by atoms with Crippen molar-refractivity contribution in [3.8, 4) is 0 Å². The molecule has 0 radical (unpaired) electrons. The van der Waals surface area contributed by atoms with Crippen LogP contribution in [-0.2, 0) is 19.3 Å². The number of hydrogen-bond acceptors (Lipinski definition) is 4. The van der Waals surface area contributed by atoms with Crippen LogP contribution < -0.4 is 0 Å². The Morgan fingerprint density at radius 1 is 1.20 bits per heavy atom. The molecule has 0 saturated carbocycles. The van der Waals surface area contributed by atoms with E-state index >= 15 is 0 Å². The van der Waals surface area contributed by atoms with E-state index in [1.54, 1.807) is 18.1 Å². The van der Waals surface area contributed by atoms with E-state index in [2.05, 4.69) is 44.0 Å². The van der Waals surface area contributed by atoms with Gasteiger partial charge in [0.25, 0.3) is 0 Å². The highest BCUT2D eigenvalue weighted by atomic mass is 32.2. The van der Waals surface area contributed by atoms with Crippen LogP contribution in [0.15, 0.2) is 54.2 Å². The van der Waals surface area contributed by atoms with Crippen LogP contribution in [0.5, 0.6) is 0 Å². The van der Waals surface area contributed by atoms with Gasteiger partial charge in [0, 0.05) is 26.0 Å². The predicted octanol–water partition coefficient (Wildman–Crippen LogP) is 2.35. The first kappa shape index (κ1) is 12.9. The van der Waals surface area contributed by atoms with Crippen molar-refractivity contribution < 1.29 is 0 Å². The Hall–Kier alpha value is -2.08. The lowest BCUT2D eigenvalue weighted by molar-refractivity contribution is 0.752. The number of aryl methyl sites for hydroxylation is 1. The number of benzene rings is 1. The molecule has 0 fully saturated rings. The highest BCUT2D eigenvalue weighted by Crippen LogP contribution is 2.19. The van der Waals surface area contributed by atoms with Gasteiger partial charge >= 0.3 is 0 Å². The third-order valence-electron chi connectivity index (χ3n) is 3.00. The van der Waals surface area contributed by atoms with Crippen LogP contribution in [0.2, 0.25) is 0 Å². The SMILES string of the molecule is Cn1cnnc1SCc1nccn1Cc1ccccc1. The number of rotatable bonds is 5. The van der Waals surface area contributed by atoms with E-state index in [0.717, 1.165) is 23.3 Å². The van der Waals surface area contributed by atoms with Gasteiger partial charge in [-0.05, 0) is 5.56 Å². The zero-order chi connectivity index (χ0) is 13.8. The molecule has 0 spiro atoms. The maximum absolute atomic E-state index is 4.43. The molecular weight excluding hydrogens is 270 g/mol. The minimum Gasteiger partial charge on any atom is -0.330 e. The van der Waals surface area contributed by atoms with E-state index in [1.807, 2.05) is 30.1 Å². The predicted molar refractivity (Wildman–Crippen MR) is 78.3 cm³/mol. The number of nitrogens with zero attached hydrogens (tertiary/aromatic N) is 5. The third-order valence-corrected chi connectivity index (χ3v) is 4.03. The van der Waals surface area contributed by atoms with Gasteiger partial charge in [0.1, 0.15) is 12.2 Å². The lowest BCUT2D eigenvalue weighted by atomic mass is 10.2. The van der Waals surface area contributed by atoms with E-state index < -0.39 is 0 Å². The Balaban J connectivity index is 1.69. The molecule has 2 heterocycles. The van der Waals surface area contributed by atoms with Gasteiger partial charge in [0.05, 0.1) is 5.75 Å². The number of aromatic nitrogens is 5. The average Bonchev–Trinajstić information content (AvgIpc) is 3.07. The van der Waals surface area contributed by atoms with Gasteiger partial charge in [-0.25, -0.2) is 4.98 Å². The average molecular weight is 285 g/mol. The van der Waals surface area contributed by atoms with Gasteiger partial charge in [-0.3, -0.25) is 0 Å². The summed E-state index contributed by atoms with van der Waals surface area (Å²) in [5.74, 6) is 1.83. The third kappa shape index (κ3) is 2.91. The van der Waals surface area contributed by atoms with Gasteiger partial charge in [-0.2, -0.15) is 0 Å². The first-order chi connectivity index (χ1) is 9.83. The number of thioether (sulfide) groups is 1. The molecule has 0 amide bonds. The fraction of sp³-hybridized carbons (Fsp3) is 0.214. The minimum absolute atomic E-state index is 0.784. The summed E-state index contributed by atoms with van der Waals surface area (Å²) in [7, 11) is 1.94. The van der Waals surface area contributed by atoms with Crippen LogP contribution in [-0.4, -0.2) is 24.3 Å². The van der Waals surface area contributed by atoms with Crippen molar-refractivity contribution in [3.05, 3.63) is 60.4 Å². The molecule has 1 aromatic carbocycles. The molecule has 0 aliphatic carbocycles. The second-order valence-corrected chi connectivity index (χ2v) is 5.41. The van der Waals surface area contributed by atoms with Gasteiger partial charge < -0.3 is 9.13 Å². The van der Waals surface area contributed by atoms with E-state index in [-0.39, 0.29) is 0 Å². The molecule has 0 unspecified atom stereocenters. The molecule has 20 heavy (non-hydrogen) atoms. The molecule has 0 aliphatic heterocycles. The van der Waals surface area contributed by atoms with Crippen LogP contribution in [0.4, 0.5) is 0 Å². The molecule has 0 N–H and O–H groups in total. The summed E-state index contributed by atoms with van der Waals surface area (Å²) in [6.07, 6.45) is 5.56. The Kier molecular flexibility index (Phi) is 3.83. The van der Waals surface area contributed by atoms with Gasteiger partial charge in [0.15, 0.2) is 5.16 Å².